The molecule has 1 heterocycles. The van der Waals surface area contributed by atoms with E-state index >= 15 is 0 Å². The minimum atomic E-state index is 0.0112. The van der Waals surface area contributed by atoms with Crippen LogP contribution in [0.4, 0.5) is 5.82 Å². The molecular weight excluding hydrogens is 250 g/mol. The van der Waals surface area contributed by atoms with Crippen LogP contribution in [0.15, 0.2) is 12.4 Å². The molecule has 0 atom stereocenters. The Hall–Kier alpha value is -1.76. The van der Waals surface area contributed by atoms with Crippen LogP contribution in [0, 0.1) is 0 Å². The van der Waals surface area contributed by atoms with E-state index in [1.165, 1.54) is 6.20 Å². The van der Waals surface area contributed by atoms with Crippen molar-refractivity contribution in [3.8, 4) is 0 Å². The highest BCUT2D eigenvalue weighted by Crippen LogP contribution is 2.08. The van der Waals surface area contributed by atoms with Gasteiger partial charge in [0.25, 0.3) is 0 Å². The minimum absolute atomic E-state index is 0.0112. The first kappa shape index (κ1) is 14.3. The number of hydrogen-bond acceptors (Lipinski definition) is 5. The molecule has 0 bridgehead atoms. The molecule has 0 aliphatic rings. The van der Waals surface area contributed by atoms with E-state index in [0.29, 0.717) is 18.1 Å². The van der Waals surface area contributed by atoms with Gasteiger partial charge in [-0.05, 0) is 6.92 Å². The monoisotopic (exact) mass is 267 g/mol. The molecule has 18 heavy (non-hydrogen) atoms. The van der Waals surface area contributed by atoms with Crippen LogP contribution in [-0.2, 0) is 4.79 Å². The van der Waals surface area contributed by atoms with Crippen LogP contribution in [0.25, 0.3) is 0 Å². The molecule has 0 aliphatic heterocycles. The van der Waals surface area contributed by atoms with Gasteiger partial charge in [-0.15, -0.1) is 0 Å². The van der Waals surface area contributed by atoms with Gasteiger partial charge in [0.15, 0.2) is 0 Å². The second kappa shape index (κ2) is 6.25. The lowest BCUT2D eigenvalue weighted by Crippen LogP contribution is -2.37. The summed E-state index contributed by atoms with van der Waals surface area (Å²) in [6.07, 6.45) is 3.08. The molecule has 1 amide bonds. The third kappa shape index (κ3) is 3.63. The Morgan fingerprint density at radius 2 is 2.06 bits per heavy atom. The molecule has 0 spiro atoms. The Morgan fingerprint density at radius 3 is 2.44 bits per heavy atom. The molecule has 1 aromatic rings. The van der Waals surface area contributed by atoms with Gasteiger partial charge in [-0.3, -0.25) is 4.79 Å². The van der Waals surface area contributed by atoms with Crippen molar-refractivity contribution in [1.29, 1.82) is 0 Å². The second-order valence-corrected chi connectivity index (χ2v) is 4.37. The predicted molar refractivity (Wildman–Crippen MR) is 74.5 cm³/mol. The first-order valence-corrected chi connectivity index (χ1v) is 5.93. The molecule has 0 fully saturated rings. The highest BCUT2D eigenvalue weighted by molar-refractivity contribution is 7.80. The summed E-state index contributed by atoms with van der Waals surface area (Å²) in [6.45, 7) is 2.89. The summed E-state index contributed by atoms with van der Waals surface area (Å²) in [6, 6.07) is 0. The molecule has 0 aromatic carbocycles. The molecule has 1 rings (SSSR count). The number of aromatic nitrogens is 2. The normalized spacial score (nSPS) is 9.94. The summed E-state index contributed by atoms with van der Waals surface area (Å²) in [4.78, 5) is 23.6. The molecule has 0 saturated heterocycles. The average molecular weight is 267 g/mol. The number of amides is 1. The van der Waals surface area contributed by atoms with Crippen molar-refractivity contribution in [2.45, 2.75) is 6.92 Å². The number of nitrogens with two attached hydrogens (primary N) is 1. The molecule has 98 valence electrons. The zero-order valence-corrected chi connectivity index (χ0v) is 11.6. The van der Waals surface area contributed by atoms with Crippen LogP contribution in [0.1, 0.15) is 12.6 Å². The maximum atomic E-state index is 11.7. The Bertz CT molecular complexity index is 432. The number of nitrogens with zero attached hydrogens (tertiary/aromatic N) is 4. The van der Waals surface area contributed by atoms with Crippen molar-refractivity contribution in [2.24, 2.45) is 5.73 Å². The number of rotatable bonds is 5. The van der Waals surface area contributed by atoms with E-state index in [1.54, 1.807) is 25.2 Å². The van der Waals surface area contributed by atoms with Crippen molar-refractivity contribution in [3.63, 3.8) is 0 Å². The molecule has 0 saturated carbocycles. The lowest BCUT2D eigenvalue weighted by molar-refractivity contribution is -0.127. The van der Waals surface area contributed by atoms with Crippen LogP contribution in [0.2, 0.25) is 0 Å². The van der Waals surface area contributed by atoms with Crippen molar-refractivity contribution >= 4 is 28.9 Å². The van der Waals surface area contributed by atoms with Gasteiger partial charge in [-0.25, -0.2) is 9.97 Å². The van der Waals surface area contributed by atoms with Crippen molar-refractivity contribution in [1.82, 2.24) is 14.9 Å². The first-order valence-electron chi connectivity index (χ1n) is 5.52. The summed E-state index contributed by atoms with van der Waals surface area (Å²) in [5.74, 6) is 0.643. The first-order chi connectivity index (χ1) is 8.45. The maximum absolute atomic E-state index is 11.7. The lowest BCUT2D eigenvalue weighted by atomic mass is 10.4. The molecule has 6 nitrogen and oxygen atoms in total. The fraction of sp³-hybridized carbons (Fsp3) is 0.455. The molecule has 7 heteroatoms. The molecule has 0 aliphatic carbocycles. The van der Waals surface area contributed by atoms with E-state index in [2.05, 4.69) is 9.97 Å². The zero-order chi connectivity index (χ0) is 13.7. The topological polar surface area (TPSA) is 75.4 Å². The number of anilines is 1. The minimum Gasteiger partial charge on any atom is -0.388 e. The van der Waals surface area contributed by atoms with Crippen molar-refractivity contribution in [2.75, 3.05) is 32.1 Å². The largest absolute Gasteiger partial charge is 0.388 e. The quantitative estimate of drug-likeness (QED) is 0.758. The Labute approximate surface area is 112 Å². The van der Waals surface area contributed by atoms with Crippen molar-refractivity contribution < 1.29 is 4.79 Å². The van der Waals surface area contributed by atoms with E-state index in [0.717, 1.165) is 0 Å². The zero-order valence-electron chi connectivity index (χ0n) is 10.8. The predicted octanol–water partition coefficient (Wildman–Crippen LogP) is 0.0253. The number of carbonyl (C=O) groups excluding carboxylic acids is 1. The SMILES string of the molecule is CCN(CC(=O)N(C)C)c1cnc(C(N)=S)cn1. The third-order valence-corrected chi connectivity index (χ3v) is 2.63. The van der Waals surface area contributed by atoms with E-state index in [-0.39, 0.29) is 17.4 Å². The fourth-order valence-electron chi connectivity index (χ4n) is 1.27. The number of likely N-dealkylation sites (N-methyl/N-ethyl adjacent to an activating group) is 2. The second-order valence-electron chi connectivity index (χ2n) is 3.93. The van der Waals surface area contributed by atoms with E-state index < -0.39 is 0 Å². The van der Waals surface area contributed by atoms with Crippen LogP contribution < -0.4 is 10.6 Å². The molecule has 0 radical (unpaired) electrons. The van der Waals surface area contributed by atoms with Crippen LogP contribution in [0.5, 0.6) is 0 Å². The summed E-state index contributed by atoms with van der Waals surface area (Å²) in [7, 11) is 3.44. The van der Waals surface area contributed by atoms with Gasteiger partial charge in [0.1, 0.15) is 16.5 Å². The summed E-state index contributed by atoms with van der Waals surface area (Å²) >= 11 is 4.80. The van der Waals surface area contributed by atoms with E-state index in [1.807, 2.05) is 11.8 Å². The van der Waals surface area contributed by atoms with Gasteiger partial charge in [-0.2, -0.15) is 0 Å². The van der Waals surface area contributed by atoms with Gasteiger partial charge >= 0.3 is 0 Å². The van der Waals surface area contributed by atoms with E-state index in [4.69, 9.17) is 18.0 Å². The van der Waals surface area contributed by atoms with Gasteiger partial charge in [0.05, 0.1) is 18.9 Å². The number of hydrogen-bond donors (Lipinski definition) is 1. The van der Waals surface area contributed by atoms with Crippen LogP contribution in [0.3, 0.4) is 0 Å². The van der Waals surface area contributed by atoms with Gasteiger partial charge in [0, 0.05) is 20.6 Å². The maximum Gasteiger partial charge on any atom is 0.241 e. The van der Waals surface area contributed by atoms with E-state index in [9.17, 15) is 4.79 Å². The molecular formula is C11H17N5OS. The number of thiocarbonyl (C=S) groups is 1. The van der Waals surface area contributed by atoms with Crippen LogP contribution in [-0.4, -0.2) is 52.9 Å². The van der Waals surface area contributed by atoms with Crippen molar-refractivity contribution in [3.05, 3.63) is 18.1 Å². The number of carbonyl (C=O) groups is 1. The van der Waals surface area contributed by atoms with Gasteiger partial charge in [0.2, 0.25) is 5.91 Å². The van der Waals surface area contributed by atoms with Gasteiger partial charge < -0.3 is 15.5 Å². The summed E-state index contributed by atoms with van der Waals surface area (Å²) < 4.78 is 0. The smallest absolute Gasteiger partial charge is 0.241 e. The van der Waals surface area contributed by atoms with Crippen LogP contribution >= 0.6 is 12.2 Å². The average Bonchev–Trinajstić information content (AvgIpc) is 2.35. The Balaban J connectivity index is 2.82. The highest BCUT2D eigenvalue weighted by atomic mass is 32.1. The summed E-state index contributed by atoms with van der Waals surface area (Å²) in [5.41, 5.74) is 5.92. The molecule has 1 aromatic heterocycles. The highest BCUT2D eigenvalue weighted by Gasteiger charge is 2.13. The standard InChI is InChI=1S/C11H17N5OS/c1-4-16(7-10(17)15(2)3)9-6-13-8(5-14-9)11(12)18/h5-6H,4,7H2,1-3H3,(H2,12,18). The third-order valence-electron chi connectivity index (χ3n) is 2.42. The molecule has 2 N–H and O–H groups in total. The lowest BCUT2D eigenvalue weighted by Gasteiger charge is -2.22. The van der Waals surface area contributed by atoms with Gasteiger partial charge in [-0.1, -0.05) is 12.2 Å². The fourth-order valence-corrected chi connectivity index (χ4v) is 1.38. The molecule has 0 unspecified atom stereocenters. The summed E-state index contributed by atoms with van der Waals surface area (Å²) in [5, 5.41) is 0. The Morgan fingerprint density at radius 1 is 1.39 bits per heavy atom. The Kier molecular flexibility index (Phi) is 4.96.